The molecule has 0 unspecified atom stereocenters. The fourth-order valence-corrected chi connectivity index (χ4v) is 2.42. The zero-order valence-electron chi connectivity index (χ0n) is 13.8. The summed E-state index contributed by atoms with van der Waals surface area (Å²) < 4.78 is 10.1. The summed E-state index contributed by atoms with van der Waals surface area (Å²) >= 11 is 0. The van der Waals surface area contributed by atoms with E-state index in [4.69, 9.17) is 8.94 Å². The van der Waals surface area contributed by atoms with Crippen molar-refractivity contribution in [1.29, 1.82) is 0 Å². The number of carbonyl (C=O) groups is 2. The molecule has 128 valence electrons. The summed E-state index contributed by atoms with van der Waals surface area (Å²) in [4.78, 5) is 24.5. The number of furan rings is 1. The summed E-state index contributed by atoms with van der Waals surface area (Å²) in [6, 6.07) is 10.1. The van der Waals surface area contributed by atoms with Gasteiger partial charge in [-0.3, -0.25) is 9.59 Å². The lowest BCUT2D eigenvalue weighted by atomic mass is 10.1. The molecule has 3 rings (SSSR count). The minimum atomic E-state index is -0.364. The molecule has 2 heterocycles. The molecule has 0 aliphatic carbocycles. The third kappa shape index (κ3) is 3.60. The largest absolute Gasteiger partial charge is 0.459 e. The van der Waals surface area contributed by atoms with Gasteiger partial charge in [-0.15, -0.1) is 0 Å². The van der Waals surface area contributed by atoms with Crippen LogP contribution >= 0.6 is 0 Å². The van der Waals surface area contributed by atoms with Gasteiger partial charge in [0.05, 0.1) is 12.0 Å². The molecule has 3 aromatic rings. The molecular weight excluding hydrogens is 322 g/mol. The van der Waals surface area contributed by atoms with Crippen molar-refractivity contribution in [2.45, 2.75) is 20.3 Å². The van der Waals surface area contributed by atoms with Gasteiger partial charge in [-0.2, -0.15) is 0 Å². The maximum Gasteiger partial charge on any atom is 0.291 e. The number of benzene rings is 1. The van der Waals surface area contributed by atoms with Crippen molar-refractivity contribution in [2.75, 3.05) is 10.6 Å². The van der Waals surface area contributed by atoms with E-state index < -0.39 is 0 Å². The standard InChI is InChI=1S/C18H17N3O4/c1-3-14-16(11(2)25-21-14)18(23)20-13-7-4-6-12(10-13)19-17(22)15-8-5-9-24-15/h4-10H,3H2,1-2H3,(H,19,22)(H,20,23). The van der Waals surface area contributed by atoms with Crippen LogP contribution in [0.4, 0.5) is 11.4 Å². The first kappa shape index (κ1) is 16.5. The number of hydrogen-bond donors (Lipinski definition) is 2. The Morgan fingerprint density at radius 1 is 1.08 bits per heavy atom. The van der Waals surface area contributed by atoms with Crippen molar-refractivity contribution in [3.05, 3.63) is 65.4 Å². The molecule has 2 aromatic heterocycles. The Bertz CT molecular complexity index is 897. The number of aromatic nitrogens is 1. The van der Waals surface area contributed by atoms with Crippen molar-refractivity contribution in [3.63, 3.8) is 0 Å². The van der Waals surface area contributed by atoms with Gasteiger partial charge in [0.2, 0.25) is 0 Å². The molecule has 0 aliphatic rings. The number of aryl methyl sites for hydroxylation is 2. The number of rotatable bonds is 5. The monoisotopic (exact) mass is 339 g/mol. The molecule has 0 saturated carbocycles. The Hall–Kier alpha value is -3.35. The SMILES string of the molecule is CCc1noc(C)c1C(=O)Nc1cccc(NC(=O)c2ccco2)c1. The normalized spacial score (nSPS) is 10.5. The lowest BCUT2D eigenvalue weighted by Gasteiger charge is -2.08. The Balaban J connectivity index is 1.74. The molecule has 2 amide bonds. The van der Waals surface area contributed by atoms with Gasteiger partial charge in [0.15, 0.2) is 5.76 Å². The van der Waals surface area contributed by atoms with Crippen molar-refractivity contribution < 1.29 is 18.5 Å². The van der Waals surface area contributed by atoms with Gasteiger partial charge in [-0.1, -0.05) is 18.1 Å². The molecule has 2 N–H and O–H groups in total. The van der Waals surface area contributed by atoms with E-state index in [0.29, 0.717) is 34.8 Å². The summed E-state index contributed by atoms with van der Waals surface area (Å²) in [6.07, 6.45) is 2.03. The highest BCUT2D eigenvalue weighted by atomic mass is 16.5. The van der Waals surface area contributed by atoms with Crippen molar-refractivity contribution in [1.82, 2.24) is 5.16 Å². The van der Waals surface area contributed by atoms with Crippen LogP contribution in [0.3, 0.4) is 0 Å². The first-order valence-corrected chi connectivity index (χ1v) is 7.80. The molecule has 25 heavy (non-hydrogen) atoms. The van der Waals surface area contributed by atoms with E-state index in [1.165, 1.54) is 6.26 Å². The van der Waals surface area contributed by atoms with Crippen LogP contribution in [0.15, 0.2) is 51.6 Å². The highest BCUT2D eigenvalue weighted by molar-refractivity contribution is 6.06. The fraction of sp³-hybridized carbons (Fsp3) is 0.167. The predicted octanol–water partition coefficient (Wildman–Crippen LogP) is 3.64. The van der Waals surface area contributed by atoms with E-state index in [2.05, 4.69) is 15.8 Å². The lowest BCUT2D eigenvalue weighted by molar-refractivity contribution is 0.0994. The number of nitrogens with one attached hydrogen (secondary N) is 2. The van der Waals surface area contributed by atoms with Crippen molar-refractivity contribution in [3.8, 4) is 0 Å². The van der Waals surface area contributed by atoms with Gasteiger partial charge >= 0.3 is 0 Å². The topological polar surface area (TPSA) is 97.4 Å². The maximum atomic E-state index is 12.5. The molecule has 1 aromatic carbocycles. The number of amides is 2. The minimum absolute atomic E-state index is 0.210. The van der Waals surface area contributed by atoms with Crippen LogP contribution in [0, 0.1) is 6.92 Å². The smallest absolute Gasteiger partial charge is 0.291 e. The van der Waals surface area contributed by atoms with Crippen molar-refractivity contribution >= 4 is 23.2 Å². The second-order valence-electron chi connectivity index (χ2n) is 5.38. The molecule has 7 nitrogen and oxygen atoms in total. The van der Waals surface area contributed by atoms with Crippen LogP contribution in [0.1, 0.15) is 39.3 Å². The number of nitrogens with zero attached hydrogens (tertiary/aromatic N) is 1. The summed E-state index contributed by atoms with van der Waals surface area (Å²) in [6.45, 7) is 3.60. The van der Waals surface area contributed by atoms with Gasteiger partial charge in [0.25, 0.3) is 11.8 Å². The van der Waals surface area contributed by atoms with E-state index in [9.17, 15) is 9.59 Å². The summed E-state index contributed by atoms with van der Waals surface area (Å²) in [5.74, 6) is 0.0143. The van der Waals surface area contributed by atoms with Gasteiger partial charge in [-0.25, -0.2) is 0 Å². The molecule has 0 atom stereocenters. The van der Waals surface area contributed by atoms with Crippen LogP contribution in [-0.2, 0) is 6.42 Å². The lowest BCUT2D eigenvalue weighted by Crippen LogP contribution is -2.15. The van der Waals surface area contributed by atoms with E-state index >= 15 is 0 Å². The van der Waals surface area contributed by atoms with Crippen LogP contribution < -0.4 is 10.6 Å². The Morgan fingerprint density at radius 2 is 1.80 bits per heavy atom. The Morgan fingerprint density at radius 3 is 2.44 bits per heavy atom. The summed E-state index contributed by atoms with van der Waals surface area (Å²) in [5.41, 5.74) is 2.13. The highest BCUT2D eigenvalue weighted by Crippen LogP contribution is 2.20. The number of anilines is 2. The average molecular weight is 339 g/mol. The van der Waals surface area contributed by atoms with Crippen LogP contribution in [-0.4, -0.2) is 17.0 Å². The summed E-state index contributed by atoms with van der Waals surface area (Å²) in [7, 11) is 0. The molecule has 7 heteroatoms. The predicted molar refractivity (Wildman–Crippen MR) is 91.7 cm³/mol. The van der Waals surface area contributed by atoms with E-state index in [1.807, 2.05) is 6.92 Å². The van der Waals surface area contributed by atoms with E-state index in [1.54, 1.807) is 43.3 Å². The van der Waals surface area contributed by atoms with E-state index in [0.717, 1.165) is 0 Å². The van der Waals surface area contributed by atoms with Gasteiger partial charge in [0.1, 0.15) is 11.3 Å². The third-order valence-electron chi connectivity index (χ3n) is 3.62. The van der Waals surface area contributed by atoms with Gasteiger partial charge in [-0.05, 0) is 43.7 Å². The molecule has 0 fully saturated rings. The second-order valence-corrected chi connectivity index (χ2v) is 5.38. The average Bonchev–Trinajstić information content (AvgIpc) is 3.24. The van der Waals surface area contributed by atoms with Gasteiger partial charge in [0, 0.05) is 11.4 Å². The Kier molecular flexibility index (Phi) is 4.65. The number of hydrogen-bond acceptors (Lipinski definition) is 5. The van der Waals surface area contributed by atoms with Crippen LogP contribution in [0.5, 0.6) is 0 Å². The Labute approximate surface area is 144 Å². The minimum Gasteiger partial charge on any atom is -0.459 e. The summed E-state index contributed by atoms with van der Waals surface area (Å²) in [5, 5.41) is 9.39. The maximum absolute atomic E-state index is 12.5. The van der Waals surface area contributed by atoms with Gasteiger partial charge < -0.3 is 19.6 Å². The molecular formula is C18H17N3O4. The zero-order chi connectivity index (χ0) is 17.8. The molecule has 0 radical (unpaired) electrons. The van der Waals surface area contributed by atoms with E-state index in [-0.39, 0.29) is 17.6 Å². The molecule has 0 aliphatic heterocycles. The molecule has 0 spiro atoms. The zero-order valence-corrected chi connectivity index (χ0v) is 13.8. The first-order valence-electron chi connectivity index (χ1n) is 7.80. The van der Waals surface area contributed by atoms with Crippen LogP contribution in [0.2, 0.25) is 0 Å². The van der Waals surface area contributed by atoms with Crippen molar-refractivity contribution in [2.24, 2.45) is 0 Å². The first-order chi connectivity index (χ1) is 12.1. The third-order valence-corrected chi connectivity index (χ3v) is 3.62. The molecule has 0 bridgehead atoms. The van der Waals surface area contributed by atoms with Crippen LogP contribution in [0.25, 0.3) is 0 Å². The molecule has 0 saturated heterocycles. The second kappa shape index (κ2) is 7.04. The fourth-order valence-electron chi connectivity index (χ4n) is 2.42. The highest BCUT2D eigenvalue weighted by Gasteiger charge is 2.19. The quantitative estimate of drug-likeness (QED) is 0.739. The number of carbonyl (C=O) groups excluding carboxylic acids is 2.